The van der Waals surface area contributed by atoms with E-state index in [1.54, 1.807) is 19.4 Å². The van der Waals surface area contributed by atoms with E-state index in [1.165, 1.54) is 5.56 Å². The highest BCUT2D eigenvalue weighted by Gasteiger charge is 2.36. The number of methoxy groups -OCH3 is 1. The van der Waals surface area contributed by atoms with Gasteiger partial charge < -0.3 is 15.0 Å². The van der Waals surface area contributed by atoms with Gasteiger partial charge in [0.15, 0.2) is 0 Å². The molecule has 1 aromatic heterocycles. The van der Waals surface area contributed by atoms with Gasteiger partial charge >= 0.3 is 0 Å². The maximum Gasteiger partial charge on any atom is 0.230 e. The molecule has 28 heavy (non-hydrogen) atoms. The summed E-state index contributed by atoms with van der Waals surface area (Å²) in [6, 6.07) is 9.66. The van der Waals surface area contributed by atoms with Gasteiger partial charge in [-0.3, -0.25) is 14.6 Å². The number of hydrogen-bond acceptors (Lipinski definition) is 4. The number of ether oxygens (including phenoxy) is 1. The molecule has 2 amide bonds. The maximum atomic E-state index is 13.2. The van der Waals surface area contributed by atoms with Crippen LogP contribution in [0, 0.1) is 5.92 Å². The van der Waals surface area contributed by atoms with Crippen molar-refractivity contribution in [3.8, 4) is 5.75 Å². The summed E-state index contributed by atoms with van der Waals surface area (Å²) < 4.78 is 5.36. The second-order valence-corrected chi connectivity index (χ2v) is 7.56. The van der Waals surface area contributed by atoms with Crippen molar-refractivity contribution in [2.24, 2.45) is 5.92 Å². The fourth-order valence-corrected chi connectivity index (χ4v) is 4.28. The molecule has 1 aromatic carbocycles. The molecule has 6 heteroatoms. The Kier molecular flexibility index (Phi) is 5.28. The van der Waals surface area contributed by atoms with Crippen molar-refractivity contribution in [1.29, 1.82) is 0 Å². The highest BCUT2D eigenvalue weighted by molar-refractivity contribution is 6.02. The number of piperidine rings is 1. The van der Waals surface area contributed by atoms with Crippen LogP contribution < -0.4 is 10.1 Å². The summed E-state index contributed by atoms with van der Waals surface area (Å²) in [5.41, 5.74) is 2.73. The lowest BCUT2D eigenvalue weighted by Crippen LogP contribution is -2.43. The largest absolute Gasteiger partial charge is 0.495 e. The Morgan fingerprint density at radius 1 is 1.25 bits per heavy atom. The number of carbonyl (C=O) groups is 2. The number of rotatable bonds is 4. The highest BCUT2D eigenvalue weighted by atomic mass is 16.5. The molecule has 4 rings (SSSR count). The first kappa shape index (κ1) is 18.5. The van der Waals surface area contributed by atoms with E-state index in [2.05, 4.69) is 16.4 Å². The molecular weight excluding hydrogens is 354 g/mol. The molecule has 1 unspecified atom stereocenters. The van der Waals surface area contributed by atoms with Crippen LogP contribution in [0.4, 0.5) is 5.69 Å². The van der Waals surface area contributed by atoms with Gasteiger partial charge in [0.1, 0.15) is 5.75 Å². The zero-order valence-electron chi connectivity index (χ0n) is 16.1. The first-order chi connectivity index (χ1) is 13.7. The highest BCUT2D eigenvalue weighted by Crippen LogP contribution is 2.39. The van der Waals surface area contributed by atoms with Gasteiger partial charge in [-0.25, -0.2) is 0 Å². The second kappa shape index (κ2) is 8.00. The third-order valence-corrected chi connectivity index (χ3v) is 5.78. The Labute approximate surface area is 164 Å². The van der Waals surface area contributed by atoms with Gasteiger partial charge in [-0.05, 0) is 48.4 Å². The zero-order chi connectivity index (χ0) is 19.5. The van der Waals surface area contributed by atoms with Crippen LogP contribution in [0.5, 0.6) is 5.75 Å². The van der Waals surface area contributed by atoms with Gasteiger partial charge in [-0.2, -0.15) is 0 Å². The number of pyridine rings is 1. The molecule has 2 aliphatic rings. The molecule has 1 N–H and O–H groups in total. The summed E-state index contributed by atoms with van der Waals surface area (Å²) in [4.78, 5) is 31.5. The van der Waals surface area contributed by atoms with Crippen molar-refractivity contribution in [3.63, 3.8) is 0 Å². The van der Waals surface area contributed by atoms with Gasteiger partial charge in [0.05, 0.1) is 18.7 Å². The van der Waals surface area contributed by atoms with E-state index in [-0.39, 0.29) is 18.2 Å². The van der Waals surface area contributed by atoms with Crippen LogP contribution in [0.15, 0.2) is 42.7 Å². The van der Waals surface area contributed by atoms with Gasteiger partial charge in [-0.15, -0.1) is 0 Å². The predicted octanol–water partition coefficient (Wildman–Crippen LogP) is 3.00. The van der Waals surface area contributed by atoms with Crippen LogP contribution in [0.2, 0.25) is 0 Å². The summed E-state index contributed by atoms with van der Waals surface area (Å²) in [5.74, 6) is 0.633. The monoisotopic (exact) mass is 379 g/mol. The summed E-state index contributed by atoms with van der Waals surface area (Å²) in [5, 5.41) is 2.86. The molecule has 0 spiro atoms. The number of amides is 2. The van der Waals surface area contributed by atoms with Crippen molar-refractivity contribution in [2.45, 2.75) is 31.6 Å². The minimum atomic E-state index is -0.436. The number of benzene rings is 1. The van der Waals surface area contributed by atoms with E-state index >= 15 is 0 Å². The van der Waals surface area contributed by atoms with Crippen LogP contribution in [0.1, 0.15) is 36.3 Å². The number of hydrogen-bond donors (Lipinski definition) is 1. The van der Waals surface area contributed by atoms with Gasteiger partial charge in [0.2, 0.25) is 11.8 Å². The van der Waals surface area contributed by atoms with Crippen molar-refractivity contribution in [3.05, 3.63) is 53.9 Å². The number of nitrogens with one attached hydrogen (secondary N) is 1. The molecule has 1 atom stereocenters. The lowest BCUT2D eigenvalue weighted by molar-refractivity contribution is -0.136. The first-order valence-electron chi connectivity index (χ1n) is 9.80. The smallest absolute Gasteiger partial charge is 0.230 e. The van der Waals surface area contributed by atoms with E-state index < -0.39 is 5.92 Å². The number of nitrogens with zero attached hydrogens (tertiary/aromatic N) is 2. The molecule has 2 aromatic rings. The molecule has 0 aliphatic carbocycles. The van der Waals surface area contributed by atoms with Crippen LogP contribution in [0.3, 0.4) is 0 Å². The standard InChI is InChI=1S/C22H25N3O3/c1-28-19-6-2-5-17-18(13-20(26)24-21(17)19)22(27)25-10-7-15(8-11-25)12-16-4-3-9-23-14-16/h2-6,9,14-15,18H,7-8,10-13H2,1H3,(H,24,26). The number of fused-ring (bicyclic) bond motifs is 1. The third-order valence-electron chi connectivity index (χ3n) is 5.78. The summed E-state index contributed by atoms with van der Waals surface area (Å²) >= 11 is 0. The number of likely N-dealkylation sites (tertiary alicyclic amines) is 1. The number of aromatic nitrogens is 1. The molecule has 1 saturated heterocycles. The number of para-hydroxylation sites is 1. The number of carbonyl (C=O) groups excluding carboxylic acids is 2. The van der Waals surface area contributed by atoms with Crippen LogP contribution in [-0.2, 0) is 16.0 Å². The lowest BCUT2D eigenvalue weighted by Gasteiger charge is -2.36. The SMILES string of the molecule is COc1cccc2c1NC(=O)CC2C(=O)N1CCC(Cc2cccnc2)CC1. The predicted molar refractivity (Wildman–Crippen MR) is 106 cm³/mol. The molecule has 0 saturated carbocycles. The van der Waals surface area contributed by atoms with Crippen molar-refractivity contribution < 1.29 is 14.3 Å². The summed E-state index contributed by atoms with van der Waals surface area (Å²) in [6.45, 7) is 1.47. The molecule has 6 nitrogen and oxygen atoms in total. The zero-order valence-corrected chi connectivity index (χ0v) is 16.1. The van der Waals surface area contributed by atoms with Gasteiger partial charge in [0, 0.05) is 31.9 Å². The van der Waals surface area contributed by atoms with E-state index in [0.717, 1.165) is 37.9 Å². The average Bonchev–Trinajstić information content (AvgIpc) is 2.73. The molecule has 146 valence electrons. The Balaban J connectivity index is 1.44. The summed E-state index contributed by atoms with van der Waals surface area (Å²) in [7, 11) is 1.57. The lowest BCUT2D eigenvalue weighted by atomic mass is 9.86. The molecule has 0 bridgehead atoms. The molecular formula is C22H25N3O3. The van der Waals surface area contributed by atoms with E-state index in [1.807, 2.05) is 29.3 Å². The van der Waals surface area contributed by atoms with Crippen LogP contribution in [-0.4, -0.2) is 41.9 Å². The third kappa shape index (κ3) is 3.72. The first-order valence-corrected chi connectivity index (χ1v) is 9.80. The van der Waals surface area contributed by atoms with Crippen molar-refractivity contribution in [2.75, 3.05) is 25.5 Å². The Morgan fingerprint density at radius 3 is 2.79 bits per heavy atom. The number of anilines is 1. The fourth-order valence-electron chi connectivity index (χ4n) is 4.28. The topological polar surface area (TPSA) is 71.5 Å². The molecule has 2 aliphatic heterocycles. The minimum Gasteiger partial charge on any atom is -0.495 e. The average molecular weight is 379 g/mol. The van der Waals surface area contributed by atoms with Crippen molar-refractivity contribution in [1.82, 2.24) is 9.88 Å². The molecule has 3 heterocycles. The second-order valence-electron chi connectivity index (χ2n) is 7.56. The van der Waals surface area contributed by atoms with Gasteiger partial charge in [-0.1, -0.05) is 18.2 Å². The quantitative estimate of drug-likeness (QED) is 0.886. The minimum absolute atomic E-state index is 0.0455. The van der Waals surface area contributed by atoms with E-state index in [0.29, 0.717) is 17.4 Å². The Bertz CT molecular complexity index is 861. The molecule has 1 fully saturated rings. The van der Waals surface area contributed by atoms with Gasteiger partial charge in [0.25, 0.3) is 0 Å². The fraction of sp³-hybridized carbons (Fsp3) is 0.409. The van der Waals surface area contributed by atoms with Crippen LogP contribution >= 0.6 is 0 Å². The normalized spacial score (nSPS) is 19.7. The Morgan fingerprint density at radius 2 is 2.07 bits per heavy atom. The van der Waals surface area contributed by atoms with E-state index in [9.17, 15) is 9.59 Å². The van der Waals surface area contributed by atoms with E-state index in [4.69, 9.17) is 4.74 Å². The summed E-state index contributed by atoms with van der Waals surface area (Å²) in [6.07, 6.45) is 6.85. The molecule has 0 radical (unpaired) electrons. The maximum absolute atomic E-state index is 13.2. The van der Waals surface area contributed by atoms with Crippen molar-refractivity contribution >= 4 is 17.5 Å². The Hall–Kier alpha value is -2.89. The van der Waals surface area contributed by atoms with Crippen LogP contribution in [0.25, 0.3) is 0 Å².